The molecule has 1 atom stereocenters. The van der Waals surface area contributed by atoms with Crippen molar-refractivity contribution in [1.82, 2.24) is 20.1 Å². The fourth-order valence-corrected chi connectivity index (χ4v) is 3.93. The SMILES string of the molecule is CN=C(NCC(C)CN1CCCCC1)N1CCN(c2ccccn2)CC1.I. The molecule has 0 bridgehead atoms. The normalized spacial score (nSPS) is 20.1. The molecule has 6 nitrogen and oxygen atoms in total. The van der Waals surface area contributed by atoms with Gasteiger partial charge in [0.2, 0.25) is 0 Å². The van der Waals surface area contributed by atoms with Crippen LogP contribution in [-0.2, 0) is 0 Å². The third-order valence-electron chi connectivity index (χ3n) is 5.39. The molecule has 2 aliphatic rings. The van der Waals surface area contributed by atoms with E-state index in [-0.39, 0.29) is 24.0 Å². The molecule has 3 heterocycles. The van der Waals surface area contributed by atoms with Crippen molar-refractivity contribution in [2.45, 2.75) is 26.2 Å². The van der Waals surface area contributed by atoms with Crippen LogP contribution in [0, 0.1) is 5.92 Å². The molecule has 0 amide bonds. The lowest BCUT2D eigenvalue weighted by atomic mass is 10.1. The van der Waals surface area contributed by atoms with E-state index in [9.17, 15) is 0 Å². The summed E-state index contributed by atoms with van der Waals surface area (Å²) in [5, 5.41) is 3.60. The van der Waals surface area contributed by atoms with Gasteiger partial charge in [0.15, 0.2) is 5.96 Å². The van der Waals surface area contributed by atoms with E-state index < -0.39 is 0 Å². The molecule has 1 N–H and O–H groups in total. The summed E-state index contributed by atoms with van der Waals surface area (Å²) < 4.78 is 0. The van der Waals surface area contributed by atoms with E-state index in [1.165, 1.54) is 38.9 Å². The highest BCUT2D eigenvalue weighted by atomic mass is 127. The molecular weight excluding hydrogens is 451 g/mol. The Morgan fingerprint density at radius 3 is 2.48 bits per heavy atom. The predicted molar refractivity (Wildman–Crippen MR) is 124 cm³/mol. The average molecular weight is 486 g/mol. The minimum Gasteiger partial charge on any atom is -0.356 e. The third-order valence-corrected chi connectivity index (χ3v) is 5.39. The molecule has 2 aliphatic heterocycles. The summed E-state index contributed by atoms with van der Waals surface area (Å²) in [4.78, 5) is 16.3. The van der Waals surface area contributed by atoms with E-state index in [0.717, 1.165) is 44.5 Å². The number of piperazine rings is 1. The van der Waals surface area contributed by atoms with Crippen molar-refractivity contribution in [2.24, 2.45) is 10.9 Å². The Labute approximate surface area is 181 Å². The molecule has 2 saturated heterocycles. The van der Waals surface area contributed by atoms with E-state index in [1.807, 2.05) is 19.3 Å². The van der Waals surface area contributed by atoms with Gasteiger partial charge in [-0.05, 0) is 44.0 Å². The molecule has 0 aliphatic carbocycles. The summed E-state index contributed by atoms with van der Waals surface area (Å²) in [6, 6.07) is 6.11. The van der Waals surface area contributed by atoms with E-state index in [4.69, 9.17) is 0 Å². The van der Waals surface area contributed by atoms with Crippen LogP contribution in [0.15, 0.2) is 29.4 Å². The first-order valence-corrected chi connectivity index (χ1v) is 10.1. The van der Waals surface area contributed by atoms with Gasteiger partial charge >= 0.3 is 0 Å². The van der Waals surface area contributed by atoms with Crippen LogP contribution in [0.25, 0.3) is 0 Å². The van der Waals surface area contributed by atoms with Crippen molar-refractivity contribution >= 4 is 35.8 Å². The summed E-state index contributed by atoms with van der Waals surface area (Å²) in [6.07, 6.45) is 6.00. The smallest absolute Gasteiger partial charge is 0.193 e. The van der Waals surface area contributed by atoms with Crippen molar-refractivity contribution in [1.29, 1.82) is 0 Å². The number of nitrogens with one attached hydrogen (secondary N) is 1. The van der Waals surface area contributed by atoms with Crippen molar-refractivity contribution in [3.05, 3.63) is 24.4 Å². The van der Waals surface area contributed by atoms with Gasteiger partial charge in [-0.3, -0.25) is 4.99 Å². The standard InChI is InChI=1S/C20H34N6.HI/c1-18(17-24-10-6-3-7-11-24)16-23-20(21-2)26-14-12-25(13-15-26)19-8-4-5-9-22-19;/h4-5,8-9,18H,3,6-7,10-17H2,1-2H3,(H,21,23);1H. The Morgan fingerprint density at radius 1 is 1.11 bits per heavy atom. The highest BCUT2D eigenvalue weighted by molar-refractivity contribution is 14.0. The first-order chi connectivity index (χ1) is 12.8. The number of hydrogen-bond acceptors (Lipinski definition) is 4. The van der Waals surface area contributed by atoms with Crippen molar-refractivity contribution in [3.8, 4) is 0 Å². The van der Waals surface area contributed by atoms with Gasteiger partial charge in [-0.25, -0.2) is 4.98 Å². The quantitative estimate of drug-likeness (QED) is 0.394. The van der Waals surface area contributed by atoms with Gasteiger partial charge in [0.05, 0.1) is 0 Å². The number of hydrogen-bond donors (Lipinski definition) is 1. The van der Waals surface area contributed by atoms with Gasteiger partial charge in [-0.1, -0.05) is 19.4 Å². The van der Waals surface area contributed by atoms with Crippen LogP contribution in [0.2, 0.25) is 0 Å². The molecular formula is C20H35IN6. The van der Waals surface area contributed by atoms with Crippen LogP contribution in [-0.4, -0.2) is 80.1 Å². The molecule has 0 saturated carbocycles. The number of piperidine rings is 1. The fraction of sp³-hybridized carbons (Fsp3) is 0.700. The Bertz CT molecular complexity index is 553. The van der Waals surface area contributed by atoms with Crippen LogP contribution in [0.4, 0.5) is 5.82 Å². The van der Waals surface area contributed by atoms with Crippen molar-refractivity contribution in [3.63, 3.8) is 0 Å². The Hall–Kier alpha value is -1.09. The number of aliphatic imine (C=N–C) groups is 1. The maximum Gasteiger partial charge on any atom is 0.193 e. The van der Waals surface area contributed by atoms with E-state index in [0.29, 0.717) is 5.92 Å². The first-order valence-electron chi connectivity index (χ1n) is 10.1. The lowest BCUT2D eigenvalue weighted by molar-refractivity contribution is 0.200. The minimum absolute atomic E-state index is 0. The fourth-order valence-electron chi connectivity index (χ4n) is 3.93. The number of pyridine rings is 1. The number of nitrogens with zero attached hydrogens (tertiary/aromatic N) is 5. The highest BCUT2D eigenvalue weighted by Crippen LogP contribution is 2.13. The summed E-state index contributed by atoms with van der Waals surface area (Å²) in [5.41, 5.74) is 0. The second-order valence-electron chi connectivity index (χ2n) is 7.56. The first kappa shape index (κ1) is 22.2. The number of aromatic nitrogens is 1. The van der Waals surface area contributed by atoms with Gasteiger partial charge in [0.1, 0.15) is 5.82 Å². The molecule has 152 valence electrons. The molecule has 3 rings (SSSR count). The topological polar surface area (TPSA) is 47.0 Å². The molecule has 7 heteroatoms. The molecule has 1 aromatic rings. The average Bonchev–Trinajstić information content (AvgIpc) is 2.70. The van der Waals surface area contributed by atoms with Crippen LogP contribution in [0.1, 0.15) is 26.2 Å². The van der Waals surface area contributed by atoms with E-state index >= 15 is 0 Å². The second kappa shape index (κ2) is 11.7. The molecule has 1 aromatic heterocycles. The van der Waals surface area contributed by atoms with Gasteiger partial charge in [-0.15, -0.1) is 24.0 Å². The summed E-state index contributed by atoms with van der Waals surface area (Å²) in [7, 11) is 1.89. The van der Waals surface area contributed by atoms with E-state index in [2.05, 4.69) is 49.0 Å². The largest absolute Gasteiger partial charge is 0.356 e. The van der Waals surface area contributed by atoms with Gasteiger partial charge in [0.25, 0.3) is 0 Å². The van der Waals surface area contributed by atoms with Crippen LogP contribution in [0.3, 0.4) is 0 Å². The molecule has 27 heavy (non-hydrogen) atoms. The highest BCUT2D eigenvalue weighted by Gasteiger charge is 2.21. The zero-order valence-corrected chi connectivity index (χ0v) is 19.1. The number of rotatable bonds is 5. The van der Waals surface area contributed by atoms with Gasteiger partial charge in [-0.2, -0.15) is 0 Å². The molecule has 2 fully saturated rings. The predicted octanol–water partition coefficient (Wildman–Crippen LogP) is 2.52. The lowest BCUT2D eigenvalue weighted by Crippen LogP contribution is -2.53. The van der Waals surface area contributed by atoms with Crippen molar-refractivity contribution in [2.75, 3.05) is 64.3 Å². The minimum atomic E-state index is 0. The number of anilines is 1. The molecule has 1 unspecified atom stereocenters. The summed E-state index contributed by atoms with van der Waals surface area (Å²) in [6.45, 7) is 11.0. The van der Waals surface area contributed by atoms with Crippen LogP contribution < -0.4 is 10.2 Å². The summed E-state index contributed by atoms with van der Waals surface area (Å²) in [5.74, 6) is 2.75. The second-order valence-corrected chi connectivity index (χ2v) is 7.56. The molecule has 0 spiro atoms. The summed E-state index contributed by atoms with van der Waals surface area (Å²) >= 11 is 0. The maximum atomic E-state index is 4.51. The number of likely N-dealkylation sites (tertiary alicyclic amines) is 1. The van der Waals surface area contributed by atoms with Crippen LogP contribution >= 0.6 is 24.0 Å². The Morgan fingerprint density at radius 2 is 1.85 bits per heavy atom. The number of halogens is 1. The van der Waals surface area contributed by atoms with Gasteiger partial charge in [0, 0.05) is 52.5 Å². The zero-order valence-electron chi connectivity index (χ0n) is 16.8. The Balaban J connectivity index is 0.00000261. The maximum absolute atomic E-state index is 4.51. The Kier molecular flexibility index (Phi) is 9.61. The molecule has 0 aromatic carbocycles. The van der Waals surface area contributed by atoms with E-state index in [1.54, 1.807) is 0 Å². The monoisotopic (exact) mass is 486 g/mol. The van der Waals surface area contributed by atoms with Gasteiger partial charge < -0.3 is 20.0 Å². The third kappa shape index (κ3) is 6.78. The van der Waals surface area contributed by atoms with Crippen molar-refractivity contribution < 1.29 is 0 Å². The van der Waals surface area contributed by atoms with Crippen LogP contribution in [0.5, 0.6) is 0 Å². The lowest BCUT2D eigenvalue weighted by Gasteiger charge is -2.37. The zero-order chi connectivity index (χ0) is 18.2. The molecule has 0 radical (unpaired) electrons. The number of guanidine groups is 1.